The Labute approximate surface area is 215 Å². The van der Waals surface area contributed by atoms with Crippen LogP contribution >= 0.6 is 0 Å². The van der Waals surface area contributed by atoms with E-state index in [4.69, 9.17) is 0 Å². The van der Waals surface area contributed by atoms with E-state index < -0.39 is 5.97 Å². The number of rotatable bonds is 8. The number of fused-ring (bicyclic) bond motifs is 5. The summed E-state index contributed by atoms with van der Waals surface area (Å²) >= 11 is 0. The molecule has 1 N–H and O–H groups in total. The Hall–Kier alpha value is -2.83. The highest BCUT2D eigenvalue weighted by atomic mass is 16.4. The molecule has 0 radical (unpaired) electrons. The summed E-state index contributed by atoms with van der Waals surface area (Å²) in [6, 6.07) is 14.6. The average molecular weight is 489 g/mol. The Balaban J connectivity index is 1.58. The molecule has 6 heteroatoms. The van der Waals surface area contributed by atoms with Gasteiger partial charge in [-0.25, -0.2) is 4.79 Å². The predicted molar refractivity (Wildman–Crippen MR) is 148 cm³/mol. The Morgan fingerprint density at radius 3 is 2.50 bits per heavy atom. The van der Waals surface area contributed by atoms with Gasteiger partial charge in [0, 0.05) is 61.4 Å². The minimum atomic E-state index is -0.858. The molecule has 192 valence electrons. The minimum absolute atomic E-state index is 0.370. The van der Waals surface area contributed by atoms with Crippen LogP contribution in [0.3, 0.4) is 0 Å². The molecule has 6 nitrogen and oxygen atoms in total. The fourth-order valence-electron chi connectivity index (χ4n) is 6.13. The summed E-state index contributed by atoms with van der Waals surface area (Å²) in [6.45, 7) is 5.87. The molecule has 1 aliphatic heterocycles. The van der Waals surface area contributed by atoms with Gasteiger partial charge in [-0.3, -0.25) is 0 Å². The van der Waals surface area contributed by atoms with E-state index in [1.807, 2.05) is 6.07 Å². The van der Waals surface area contributed by atoms with Gasteiger partial charge in [0.05, 0.1) is 11.3 Å². The van der Waals surface area contributed by atoms with E-state index in [0.29, 0.717) is 11.5 Å². The van der Waals surface area contributed by atoms with Gasteiger partial charge in [-0.05, 0) is 63.7 Å². The highest BCUT2D eigenvalue weighted by Crippen LogP contribution is 2.47. The van der Waals surface area contributed by atoms with Gasteiger partial charge in [0.1, 0.15) is 0 Å². The Bertz CT molecular complexity index is 1230. The van der Waals surface area contributed by atoms with E-state index in [2.05, 4.69) is 70.7 Å². The number of para-hydroxylation sites is 1. The first kappa shape index (κ1) is 24.8. The van der Waals surface area contributed by atoms with E-state index in [1.54, 1.807) is 6.07 Å². The van der Waals surface area contributed by atoms with Crippen LogP contribution in [0, 0.1) is 0 Å². The summed E-state index contributed by atoms with van der Waals surface area (Å²) < 4.78 is 2.43. The number of benzene rings is 2. The van der Waals surface area contributed by atoms with E-state index in [1.165, 1.54) is 60.0 Å². The lowest BCUT2D eigenvalue weighted by Crippen LogP contribution is -2.37. The lowest BCUT2D eigenvalue weighted by molar-refractivity contribution is 0.0697. The fraction of sp³-hybridized carbons (Fsp3) is 0.500. The second-order valence-corrected chi connectivity index (χ2v) is 10.9. The summed E-state index contributed by atoms with van der Waals surface area (Å²) in [5, 5.41) is 11.0. The summed E-state index contributed by atoms with van der Waals surface area (Å²) in [5.74, 6) is -0.326. The molecule has 2 aliphatic rings. The van der Waals surface area contributed by atoms with Crippen molar-refractivity contribution < 1.29 is 9.90 Å². The number of carboxylic acid groups (broad SMARTS) is 1. The van der Waals surface area contributed by atoms with Crippen molar-refractivity contribution in [3.8, 4) is 11.3 Å². The molecule has 3 aromatic rings. The summed E-state index contributed by atoms with van der Waals surface area (Å²) in [5.41, 5.74) is 6.80. The summed E-state index contributed by atoms with van der Waals surface area (Å²) in [6.07, 6.45) is 6.30. The maximum Gasteiger partial charge on any atom is 0.335 e. The van der Waals surface area contributed by atoms with Crippen molar-refractivity contribution in [2.24, 2.45) is 0 Å². The molecule has 1 aliphatic carbocycles. The van der Waals surface area contributed by atoms with Gasteiger partial charge in [0.2, 0.25) is 0 Å². The number of hydrogen-bond acceptors (Lipinski definition) is 4. The monoisotopic (exact) mass is 488 g/mol. The van der Waals surface area contributed by atoms with Crippen molar-refractivity contribution in [1.29, 1.82) is 0 Å². The van der Waals surface area contributed by atoms with Gasteiger partial charge in [-0.1, -0.05) is 43.5 Å². The first-order valence-corrected chi connectivity index (χ1v) is 13.5. The predicted octanol–water partition coefficient (Wildman–Crippen LogP) is 5.37. The molecular formula is C30H40N4O2. The van der Waals surface area contributed by atoms with Crippen LogP contribution < -0.4 is 4.90 Å². The van der Waals surface area contributed by atoms with Gasteiger partial charge in [-0.2, -0.15) is 0 Å². The lowest BCUT2D eigenvalue weighted by atomic mass is 9.81. The van der Waals surface area contributed by atoms with Crippen molar-refractivity contribution in [3.63, 3.8) is 0 Å². The third kappa shape index (κ3) is 4.89. The molecule has 0 unspecified atom stereocenters. The molecule has 2 aromatic carbocycles. The fourth-order valence-corrected chi connectivity index (χ4v) is 6.13. The quantitative estimate of drug-likeness (QED) is 0.462. The molecule has 0 spiro atoms. The maximum absolute atomic E-state index is 11.9. The van der Waals surface area contributed by atoms with Crippen LogP contribution in [0.1, 0.15) is 53.9 Å². The van der Waals surface area contributed by atoms with Crippen molar-refractivity contribution in [2.75, 3.05) is 58.8 Å². The van der Waals surface area contributed by atoms with E-state index in [0.717, 1.165) is 44.8 Å². The second-order valence-electron chi connectivity index (χ2n) is 10.9. The van der Waals surface area contributed by atoms with Gasteiger partial charge in [0.25, 0.3) is 0 Å². The van der Waals surface area contributed by atoms with Crippen LogP contribution in [0.2, 0.25) is 0 Å². The van der Waals surface area contributed by atoms with Gasteiger partial charge >= 0.3 is 5.97 Å². The standard InChI is InChI=1S/C30H40N4O2/c1-31(2)15-16-32(3)17-18-33-19-20-34-27-21-23(30(35)36)13-14-24(27)28(22-9-5-4-6-10-22)29(34)25-11-7-8-12-26(25)33/h7-8,11-14,21-22H,4-6,9-10,15-20H2,1-3H3,(H,35,36). The van der Waals surface area contributed by atoms with Gasteiger partial charge in [-0.15, -0.1) is 0 Å². The van der Waals surface area contributed by atoms with E-state index in [-0.39, 0.29) is 0 Å². The van der Waals surface area contributed by atoms with Gasteiger partial charge in [0.15, 0.2) is 0 Å². The number of aromatic carboxylic acids is 1. The van der Waals surface area contributed by atoms with E-state index in [9.17, 15) is 9.90 Å². The van der Waals surface area contributed by atoms with Crippen LogP contribution in [0.5, 0.6) is 0 Å². The maximum atomic E-state index is 11.9. The molecule has 1 saturated carbocycles. The van der Waals surface area contributed by atoms with Crippen LogP contribution in [-0.4, -0.2) is 79.3 Å². The number of aromatic nitrogens is 1. The van der Waals surface area contributed by atoms with Crippen molar-refractivity contribution in [1.82, 2.24) is 14.4 Å². The lowest BCUT2D eigenvalue weighted by Gasteiger charge is -2.28. The summed E-state index contributed by atoms with van der Waals surface area (Å²) in [4.78, 5) is 19.0. The smallest absolute Gasteiger partial charge is 0.335 e. The molecule has 0 bridgehead atoms. The normalized spacial score (nSPS) is 16.4. The number of likely N-dealkylation sites (N-methyl/N-ethyl adjacent to an activating group) is 2. The second kappa shape index (κ2) is 10.7. The number of carbonyl (C=O) groups is 1. The number of hydrogen-bond donors (Lipinski definition) is 1. The molecular weight excluding hydrogens is 448 g/mol. The van der Waals surface area contributed by atoms with Gasteiger partial charge < -0.3 is 24.4 Å². The van der Waals surface area contributed by atoms with Crippen molar-refractivity contribution in [2.45, 2.75) is 44.6 Å². The average Bonchev–Trinajstić information content (AvgIpc) is 3.12. The highest BCUT2D eigenvalue weighted by molar-refractivity contribution is 5.99. The zero-order valence-electron chi connectivity index (χ0n) is 22.0. The molecule has 1 fully saturated rings. The first-order chi connectivity index (χ1) is 17.4. The highest BCUT2D eigenvalue weighted by Gasteiger charge is 2.30. The molecule has 0 saturated heterocycles. The zero-order valence-corrected chi connectivity index (χ0v) is 22.0. The Morgan fingerprint density at radius 2 is 1.75 bits per heavy atom. The van der Waals surface area contributed by atoms with Crippen LogP contribution in [0.4, 0.5) is 5.69 Å². The molecule has 5 rings (SSSR count). The largest absolute Gasteiger partial charge is 0.478 e. The summed E-state index contributed by atoms with van der Waals surface area (Å²) in [7, 11) is 6.45. The topological polar surface area (TPSA) is 52.0 Å². The Kier molecular flexibility index (Phi) is 7.35. The third-order valence-corrected chi connectivity index (χ3v) is 8.14. The number of nitrogens with zero attached hydrogens (tertiary/aromatic N) is 4. The number of carboxylic acids is 1. The minimum Gasteiger partial charge on any atom is -0.478 e. The molecule has 1 aromatic heterocycles. The SMILES string of the molecule is CN(C)CCN(C)CCN1CCn2c(c(C3CCCCC3)c3ccc(C(=O)O)cc32)-c2ccccc21. The molecule has 2 heterocycles. The third-order valence-electron chi connectivity index (χ3n) is 8.14. The molecule has 0 atom stereocenters. The first-order valence-electron chi connectivity index (χ1n) is 13.5. The van der Waals surface area contributed by atoms with Crippen molar-refractivity contribution in [3.05, 3.63) is 53.6 Å². The van der Waals surface area contributed by atoms with Crippen LogP contribution in [-0.2, 0) is 6.54 Å². The van der Waals surface area contributed by atoms with E-state index >= 15 is 0 Å². The molecule has 36 heavy (non-hydrogen) atoms. The zero-order chi connectivity index (χ0) is 25.2. The Morgan fingerprint density at radius 1 is 0.972 bits per heavy atom. The van der Waals surface area contributed by atoms with Crippen LogP contribution in [0.15, 0.2) is 42.5 Å². The van der Waals surface area contributed by atoms with Crippen molar-refractivity contribution >= 4 is 22.6 Å². The van der Waals surface area contributed by atoms with Crippen LogP contribution in [0.25, 0.3) is 22.2 Å². The molecule has 0 amide bonds. The number of anilines is 1.